The third-order valence-corrected chi connectivity index (χ3v) is 5.07. The van der Waals surface area contributed by atoms with Crippen LogP contribution in [0.2, 0.25) is 10.0 Å². The van der Waals surface area contributed by atoms with E-state index < -0.39 is 0 Å². The van der Waals surface area contributed by atoms with Gasteiger partial charge in [-0.3, -0.25) is 9.59 Å². The Hall–Kier alpha value is -1.69. The molecule has 4 nitrogen and oxygen atoms in total. The van der Waals surface area contributed by atoms with Gasteiger partial charge in [-0.15, -0.1) is 11.8 Å². The number of carbonyl (C=O) groups excluding carboxylic acids is 2. The monoisotopic (exact) mass is 396 g/mol. The fraction of sp³-hybridized carbons (Fsp3) is 0.222. The van der Waals surface area contributed by atoms with E-state index in [1.54, 1.807) is 18.2 Å². The summed E-state index contributed by atoms with van der Waals surface area (Å²) in [6.45, 7) is 3.88. The van der Waals surface area contributed by atoms with Crippen molar-refractivity contribution in [1.29, 1.82) is 0 Å². The molecule has 0 aromatic heterocycles. The predicted molar refractivity (Wildman–Crippen MR) is 105 cm³/mol. The number of aryl methyl sites for hydroxylation is 2. The second-order valence-corrected chi connectivity index (χ2v) is 7.37. The van der Waals surface area contributed by atoms with E-state index in [2.05, 4.69) is 10.6 Å². The maximum atomic E-state index is 11.9. The molecule has 0 bridgehead atoms. The fourth-order valence-corrected chi connectivity index (χ4v) is 3.31. The van der Waals surface area contributed by atoms with E-state index in [4.69, 9.17) is 23.2 Å². The number of nitrogens with one attached hydrogen (secondary N) is 2. The molecule has 0 radical (unpaired) electrons. The number of hydrogen-bond donors (Lipinski definition) is 2. The van der Waals surface area contributed by atoms with Crippen LogP contribution >= 0.6 is 35.0 Å². The van der Waals surface area contributed by atoms with Crippen molar-refractivity contribution in [2.75, 3.05) is 17.6 Å². The molecular formula is C18H18Cl2N2O2S. The van der Waals surface area contributed by atoms with Crippen molar-refractivity contribution in [2.45, 2.75) is 18.7 Å². The Kier molecular flexibility index (Phi) is 7.17. The van der Waals surface area contributed by atoms with Gasteiger partial charge in [0.25, 0.3) is 0 Å². The first-order valence-electron chi connectivity index (χ1n) is 7.57. The Morgan fingerprint density at radius 2 is 1.80 bits per heavy atom. The lowest BCUT2D eigenvalue weighted by Crippen LogP contribution is -2.33. The van der Waals surface area contributed by atoms with Gasteiger partial charge in [0.15, 0.2) is 0 Å². The molecule has 0 unspecified atom stereocenters. The quantitative estimate of drug-likeness (QED) is 0.708. The van der Waals surface area contributed by atoms with Gasteiger partial charge >= 0.3 is 0 Å². The van der Waals surface area contributed by atoms with Gasteiger partial charge in [-0.2, -0.15) is 0 Å². The second kappa shape index (κ2) is 9.13. The van der Waals surface area contributed by atoms with Gasteiger partial charge in [0.1, 0.15) is 0 Å². The molecule has 7 heteroatoms. The SMILES string of the molecule is Cc1ccc(C)c(SCC(=O)NCC(=O)Nc2cc(Cl)ccc2Cl)c1. The molecule has 2 N–H and O–H groups in total. The van der Waals surface area contributed by atoms with Crippen LogP contribution in [0.4, 0.5) is 5.69 Å². The lowest BCUT2D eigenvalue weighted by atomic mass is 10.2. The molecule has 2 rings (SSSR count). The van der Waals surface area contributed by atoms with Gasteiger partial charge < -0.3 is 10.6 Å². The number of thioether (sulfide) groups is 1. The predicted octanol–water partition coefficient (Wildman–Crippen LogP) is 4.46. The summed E-state index contributed by atoms with van der Waals surface area (Å²) in [4.78, 5) is 24.9. The zero-order valence-electron chi connectivity index (χ0n) is 13.9. The smallest absolute Gasteiger partial charge is 0.243 e. The lowest BCUT2D eigenvalue weighted by Gasteiger charge is -2.09. The molecule has 0 atom stereocenters. The van der Waals surface area contributed by atoms with Crippen LogP contribution in [0.25, 0.3) is 0 Å². The minimum absolute atomic E-state index is 0.130. The van der Waals surface area contributed by atoms with E-state index >= 15 is 0 Å². The molecule has 25 heavy (non-hydrogen) atoms. The Morgan fingerprint density at radius 1 is 1.04 bits per heavy atom. The summed E-state index contributed by atoms with van der Waals surface area (Å²) in [7, 11) is 0. The summed E-state index contributed by atoms with van der Waals surface area (Å²) in [5, 5.41) is 6.06. The van der Waals surface area contributed by atoms with Crippen LogP contribution < -0.4 is 10.6 Å². The van der Waals surface area contributed by atoms with Crippen molar-refractivity contribution >= 4 is 52.5 Å². The zero-order valence-corrected chi connectivity index (χ0v) is 16.2. The van der Waals surface area contributed by atoms with E-state index in [1.807, 2.05) is 32.0 Å². The van der Waals surface area contributed by atoms with Crippen LogP contribution in [0.5, 0.6) is 0 Å². The topological polar surface area (TPSA) is 58.2 Å². The molecule has 0 aliphatic carbocycles. The molecule has 2 aromatic rings. The highest BCUT2D eigenvalue weighted by Gasteiger charge is 2.10. The normalized spacial score (nSPS) is 10.4. The minimum atomic E-state index is -0.366. The molecule has 2 amide bonds. The Labute approximate surface area is 161 Å². The molecule has 2 aromatic carbocycles. The summed E-state index contributed by atoms with van der Waals surface area (Å²) in [6, 6.07) is 10.9. The first kappa shape index (κ1) is 19.6. The largest absolute Gasteiger partial charge is 0.346 e. The van der Waals surface area contributed by atoms with Crippen molar-refractivity contribution in [3.8, 4) is 0 Å². The number of benzene rings is 2. The molecule has 0 aliphatic heterocycles. The van der Waals surface area contributed by atoms with Gasteiger partial charge in [-0.05, 0) is 43.7 Å². The van der Waals surface area contributed by atoms with Crippen molar-refractivity contribution in [3.05, 3.63) is 57.6 Å². The average molecular weight is 397 g/mol. The number of anilines is 1. The van der Waals surface area contributed by atoms with Crippen LogP contribution in [0.3, 0.4) is 0 Å². The summed E-state index contributed by atoms with van der Waals surface area (Å²) < 4.78 is 0. The van der Waals surface area contributed by atoms with Gasteiger partial charge in [0.2, 0.25) is 11.8 Å². The van der Waals surface area contributed by atoms with Gasteiger partial charge in [-0.1, -0.05) is 40.9 Å². The minimum Gasteiger partial charge on any atom is -0.346 e. The van der Waals surface area contributed by atoms with E-state index in [0.717, 1.165) is 16.0 Å². The molecule has 0 saturated carbocycles. The molecule has 0 saturated heterocycles. The number of halogens is 2. The first-order chi connectivity index (χ1) is 11.8. The number of carbonyl (C=O) groups is 2. The van der Waals surface area contributed by atoms with Gasteiger partial charge in [0, 0.05) is 9.92 Å². The average Bonchev–Trinajstić information content (AvgIpc) is 2.57. The second-order valence-electron chi connectivity index (χ2n) is 5.51. The summed E-state index contributed by atoms with van der Waals surface area (Å²) in [6.07, 6.45) is 0. The van der Waals surface area contributed by atoms with Gasteiger partial charge in [0.05, 0.1) is 23.0 Å². The summed E-state index contributed by atoms with van der Waals surface area (Å²) in [5.74, 6) is -0.331. The molecule has 0 heterocycles. The summed E-state index contributed by atoms with van der Waals surface area (Å²) >= 11 is 13.3. The van der Waals surface area contributed by atoms with Crippen molar-refractivity contribution < 1.29 is 9.59 Å². The Balaban J connectivity index is 1.80. The molecule has 0 aliphatic rings. The van der Waals surface area contributed by atoms with Crippen LogP contribution in [-0.4, -0.2) is 24.1 Å². The highest BCUT2D eigenvalue weighted by Crippen LogP contribution is 2.25. The van der Waals surface area contributed by atoms with Gasteiger partial charge in [-0.25, -0.2) is 0 Å². The molecule has 0 fully saturated rings. The number of hydrogen-bond acceptors (Lipinski definition) is 3. The number of amides is 2. The maximum Gasteiger partial charge on any atom is 0.243 e. The van der Waals surface area contributed by atoms with Crippen molar-refractivity contribution in [3.63, 3.8) is 0 Å². The number of rotatable bonds is 6. The van der Waals surface area contributed by atoms with Crippen LogP contribution in [0.15, 0.2) is 41.3 Å². The van der Waals surface area contributed by atoms with E-state index in [9.17, 15) is 9.59 Å². The highest BCUT2D eigenvalue weighted by atomic mass is 35.5. The Bertz CT molecular complexity index is 797. The van der Waals surface area contributed by atoms with E-state index in [-0.39, 0.29) is 24.1 Å². The molecule has 132 valence electrons. The third-order valence-electron chi connectivity index (χ3n) is 3.35. The third kappa shape index (κ3) is 6.27. The van der Waals surface area contributed by atoms with E-state index in [0.29, 0.717) is 15.7 Å². The first-order valence-corrected chi connectivity index (χ1v) is 9.31. The highest BCUT2D eigenvalue weighted by molar-refractivity contribution is 8.00. The fourth-order valence-electron chi connectivity index (χ4n) is 2.02. The molecular weight excluding hydrogens is 379 g/mol. The maximum absolute atomic E-state index is 11.9. The molecule has 0 spiro atoms. The van der Waals surface area contributed by atoms with E-state index in [1.165, 1.54) is 11.8 Å². The van der Waals surface area contributed by atoms with Crippen molar-refractivity contribution in [2.24, 2.45) is 0 Å². The Morgan fingerprint density at radius 3 is 2.56 bits per heavy atom. The summed E-state index contributed by atoms with van der Waals surface area (Å²) in [5.41, 5.74) is 2.68. The zero-order chi connectivity index (χ0) is 18.4. The standard InChI is InChI=1S/C18H18Cl2N2O2S/c1-11-3-4-12(2)16(7-11)25-10-18(24)21-9-17(23)22-15-8-13(19)5-6-14(15)20/h3-8H,9-10H2,1-2H3,(H,21,24)(H,22,23). The van der Waals surface area contributed by atoms with Crippen LogP contribution in [-0.2, 0) is 9.59 Å². The van der Waals surface area contributed by atoms with Crippen LogP contribution in [0, 0.1) is 13.8 Å². The van der Waals surface area contributed by atoms with Crippen LogP contribution in [0.1, 0.15) is 11.1 Å². The lowest BCUT2D eigenvalue weighted by molar-refractivity contribution is -0.122. The van der Waals surface area contributed by atoms with Crippen molar-refractivity contribution in [1.82, 2.24) is 5.32 Å².